The van der Waals surface area contributed by atoms with E-state index in [1.165, 1.54) is 24.1 Å². The van der Waals surface area contributed by atoms with E-state index in [1.807, 2.05) is 0 Å². The molecule has 0 saturated carbocycles. The van der Waals surface area contributed by atoms with Crippen LogP contribution in [0.5, 0.6) is 5.75 Å². The molecule has 0 saturated heterocycles. The summed E-state index contributed by atoms with van der Waals surface area (Å²) in [6.45, 7) is 1.67. The lowest BCUT2D eigenvalue weighted by molar-refractivity contribution is -0.188. The summed E-state index contributed by atoms with van der Waals surface area (Å²) in [5.41, 5.74) is -1.53. The lowest BCUT2D eigenvalue weighted by atomic mass is 10.0. The molecule has 0 heterocycles. The third-order valence-electron chi connectivity index (χ3n) is 5.07. The number of benzene rings is 4. The van der Waals surface area contributed by atoms with Gasteiger partial charge < -0.3 is 4.74 Å². The van der Waals surface area contributed by atoms with Crippen molar-refractivity contribution in [1.82, 2.24) is 0 Å². The Morgan fingerprint density at radius 1 is 0.714 bits per heavy atom. The van der Waals surface area contributed by atoms with Gasteiger partial charge in [0.15, 0.2) is 17.4 Å². The van der Waals surface area contributed by atoms with Crippen molar-refractivity contribution in [2.24, 2.45) is 0 Å². The zero-order valence-corrected chi connectivity index (χ0v) is 17.4. The molecule has 4 aromatic carbocycles. The van der Waals surface area contributed by atoms with Gasteiger partial charge in [-0.3, -0.25) is 0 Å². The van der Waals surface area contributed by atoms with Crippen molar-refractivity contribution in [3.8, 4) is 17.6 Å². The Morgan fingerprint density at radius 2 is 1.31 bits per heavy atom. The maximum atomic E-state index is 14.8. The molecular weight excluding hydrogens is 487 g/mol. The van der Waals surface area contributed by atoms with Gasteiger partial charge >= 0.3 is 12.3 Å². The number of rotatable bonds is 3. The molecule has 0 aromatic heterocycles. The fourth-order valence-electron chi connectivity index (χ4n) is 3.47. The number of aryl methyl sites for hydroxylation is 1. The molecule has 0 aliphatic heterocycles. The van der Waals surface area contributed by atoms with Gasteiger partial charge in [0.05, 0.1) is 11.1 Å². The molecule has 35 heavy (non-hydrogen) atoms. The largest absolute Gasteiger partial charge is 0.458 e. The first-order chi connectivity index (χ1) is 16.3. The molecule has 0 aliphatic carbocycles. The van der Waals surface area contributed by atoms with Gasteiger partial charge in [-0.05, 0) is 42.0 Å². The van der Waals surface area contributed by atoms with E-state index in [-0.39, 0.29) is 10.8 Å². The third-order valence-corrected chi connectivity index (χ3v) is 5.07. The number of hydrogen-bond acceptors (Lipinski definition) is 1. The molecule has 4 aromatic rings. The van der Waals surface area contributed by atoms with Crippen LogP contribution >= 0.6 is 0 Å². The van der Waals surface area contributed by atoms with E-state index in [1.54, 1.807) is 6.92 Å². The van der Waals surface area contributed by atoms with Crippen LogP contribution in [0.15, 0.2) is 48.5 Å². The van der Waals surface area contributed by atoms with E-state index in [0.717, 1.165) is 18.1 Å². The molecule has 0 N–H and O–H groups in total. The summed E-state index contributed by atoms with van der Waals surface area (Å²) in [6.07, 6.45) is -9.36. The highest BCUT2D eigenvalue weighted by Crippen LogP contribution is 2.38. The molecule has 0 bridgehead atoms. The maximum Gasteiger partial charge on any atom is 0.458 e. The van der Waals surface area contributed by atoms with Crippen molar-refractivity contribution in [3.63, 3.8) is 0 Å². The van der Waals surface area contributed by atoms with Crippen LogP contribution in [0.4, 0.5) is 39.5 Å². The Hall–Kier alpha value is -3.87. The zero-order valence-electron chi connectivity index (χ0n) is 17.4. The Morgan fingerprint density at radius 3 is 2.00 bits per heavy atom. The van der Waals surface area contributed by atoms with Crippen LogP contribution in [0.3, 0.4) is 0 Å². The summed E-state index contributed by atoms with van der Waals surface area (Å²) < 4.78 is 129. The molecule has 1 nitrogen and oxygen atoms in total. The van der Waals surface area contributed by atoms with Gasteiger partial charge in [-0.1, -0.05) is 35.7 Å². The summed E-state index contributed by atoms with van der Waals surface area (Å²) in [5, 5.41) is -1.01. The fourth-order valence-corrected chi connectivity index (χ4v) is 3.47. The predicted octanol–water partition coefficient (Wildman–Crippen LogP) is 7.90. The van der Waals surface area contributed by atoms with Gasteiger partial charge in [0.2, 0.25) is 0 Å². The van der Waals surface area contributed by atoms with Crippen molar-refractivity contribution in [1.29, 1.82) is 0 Å². The molecule has 180 valence electrons. The molecule has 0 amide bonds. The average Bonchev–Trinajstić information content (AvgIpc) is 2.75. The number of halogens is 9. The normalized spacial score (nSPS) is 12.1. The molecule has 0 atom stereocenters. The molecule has 0 unspecified atom stereocenters. The van der Waals surface area contributed by atoms with Crippen LogP contribution in [0, 0.1) is 42.0 Å². The van der Waals surface area contributed by atoms with Crippen LogP contribution in [0.2, 0.25) is 0 Å². The minimum absolute atomic E-state index is 0.122. The average molecular weight is 498 g/mol. The monoisotopic (exact) mass is 498 g/mol. The lowest BCUT2D eigenvalue weighted by Crippen LogP contribution is -2.23. The maximum absolute atomic E-state index is 14.8. The van der Waals surface area contributed by atoms with Crippen LogP contribution in [-0.4, -0.2) is 6.18 Å². The highest BCUT2D eigenvalue weighted by Gasteiger charge is 2.37. The topological polar surface area (TPSA) is 9.23 Å². The van der Waals surface area contributed by atoms with Gasteiger partial charge in [0.1, 0.15) is 11.6 Å². The molecule has 4 rings (SSSR count). The van der Waals surface area contributed by atoms with E-state index in [2.05, 4.69) is 4.74 Å². The van der Waals surface area contributed by atoms with E-state index in [9.17, 15) is 39.5 Å². The van der Waals surface area contributed by atoms with Crippen molar-refractivity contribution in [2.75, 3.05) is 0 Å². The van der Waals surface area contributed by atoms with Crippen molar-refractivity contribution >= 4 is 21.5 Å². The van der Waals surface area contributed by atoms with Gasteiger partial charge in [0, 0.05) is 16.7 Å². The Kier molecular flexibility index (Phi) is 5.83. The summed E-state index contributed by atoms with van der Waals surface area (Å²) >= 11 is 0. The standard InChI is InChI=1S/C25H11F9O/c1-12-2-4-17-13(8-12)11-20(27)23(22(17)29)35-25(33,34)15-3-5-16-14(9-15)10-19(26)18(21(16)28)6-7-24(30,31)32/h2-5,8-11H,1H3. The number of ether oxygens (including phenoxy) is 1. The molecule has 0 aliphatic rings. The van der Waals surface area contributed by atoms with E-state index < -0.39 is 63.2 Å². The fraction of sp³-hybridized carbons (Fsp3) is 0.120. The van der Waals surface area contributed by atoms with Crippen molar-refractivity contribution in [3.05, 3.63) is 88.5 Å². The second-order valence-electron chi connectivity index (χ2n) is 7.58. The molecular formula is C25H11F9O. The number of hydrogen-bond donors (Lipinski definition) is 0. The SMILES string of the molecule is Cc1ccc2c(F)c(OC(F)(F)c3ccc4c(F)c(C#CC(F)(F)F)c(F)cc4c3)c(F)cc2c1. The minimum atomic E-state index is -5.01. The van der Waals surface area contributed by atoms with E-state index in [4.69, 9.17) is 0 Å². The van der Waals surface area contributed by atoms with Gasteiger partial charge in [-0.2, -0.15) is 22.0 Å². The second-order valence-corrected chi connectivity index (χ2v) is 7.58. The summed E-state index contributed by atoms with van der Waals surface area (Å²) in [5.74, 6) is -5.06. The Bertz CT molecular complexity index is 1540. The molecule has 10 heteroatoms. The van der Waals surface area contributed by atoms with Gasteiger partial charge in [-0.25, -0.2) is 17.6 Å². The van der Waals surface area contributed by atoms with Crippen LogP contribution in [0.1, 0.15) is 16.7 Å². The first-order valence-electron chi connectivity index (χ1n) is 9.74. The highest BCUT2D eigenvalue weighted by molar-refractivity contribution is 5.86. The van der Waals surface area contributed by atoms with Gasteiger partial charge in [-0.15, -0.1) is 0 Å². The Balaban J connectivity index is 1.76. The predicted molar refractivity (Wildman–Crippen MR) is 110 cm³/mol. The zero-order chi connectivity index (χ0) is 25.7. The summed E-state index contributed by atoms with van der Waals surface area (Å²) in [6, 6.07) is 7.50. The molecule has 0 spiro atoms. The smallest absolute Gasteiger partial charge is 0.423 e. The van der Waals surface area contributed by atoms with Gasteiger partial charge in [0.25, 0.3) is 0 Å². The highest BCUT2D eigenvalue weighted by atomic mass is 19.4. The molecule has 0 radical (unpaired) electrons. The van der Waals surface area contributed by atoms with Crippen molar-refractivity contribution in [2.45, 2.75) is 19.2 Å². The van der Waals surface area contributed by atoms with Crippen LogP contribution < -0.4 is 4.74 Å². The lowest BCUT2D eigenvalue weighted by Gasteiger charge is -2.20. The summed E-state index contributed by atoms with van der Waals surface area (Å²) in [4.78, 5) is 0. The minimum Gasteiger partial charge on any atom is -0.423 e. The van der Waals surface area contributed by atoms with Crippen LogP contribution in [-0.2, 0) is 6.11 Å². The Labute approximate surface area is 191 Å². The number of fused-ring (bicyclic) bond motifs is 2. The molecule has 0 fully saturated rings. The first kappa shape index (κ1) is 24.3. The first-order valence-corrected chi connectivity index (χ1v) is 9.74. The van der Waals surface area contributed by atoms with Crippen molar-refractivity contribution < 1.29 is 44.3 Å². The van der Waals surface area contributed by atoms with E-state index in [0.29, 0.717) is 23.8 Å². The van der Waals surface area contributed by atoms with E-state index >= 15 is 0 Å². The second kappa shape index (κ2) is 8.41. The van der Waals surface area contributed by atoms with Crippen LogP contribution in [0.25, 0.3) is 21.5 Å². The third kappa shape index (κ3) is 4.71. The number of alkyl halides is 5. The quantitative estimate of drug-likeness (QED) is 0.206. The summed E-state index contributed by atoms with van der Waals surface area (Å²) in [7, 11) is 0.